The maximum atomic E-state index is 13.4. The van der Waals surface area contributed by atoms with Gasteiger partial charge in [-0.1, -0.05) is 45.7 Å². The van der Waals surface area contributed by atoms with Gasteiger partial charge in [0, 0.05) is 27.7 Å². The maximum Gasteiger partial charge on any atom is 0.235 e. The van der Waals surface area contributed by atoms with E-state index in [1.165, 1.54) is 5.69 Å². The summed E-state index contributed by atoms with van der Waals surface area (Å²) in [7, 11) is 1.66. The number of methoxy groups -OCH3 is 1. The van der Waals surface area contributed by atoms with E-state index < -0.39 is 5.41 Å². The zero-order chi connectivity index (χ0) is 20.6. The quantitative estimate of drug-likeness (QED) is 0.580. The number of carbonyl (C=O) groups is 1. The van der Waals surface area contributed by atoms with Crippen molar-refractivity contribution < 1.29 is 9.53 Å². The number of hydrogen-bond donors (Lipinski definition) is 2. The van der Waals surface area contributed by atoms with E-state index in [0.717, 1.165) is 53.6 Å². The lowest BCUT2D eigenvalue weighted by Gasteiger charge is -2.28. The van der Waals surface area contributed by atoms with Crippen molar-refractivity contribution in [1.82, 2.24) is 4.98 Å². The van der Waals surface area contributed by atoms with Crippen LogP contribution in [0, 0.1) is 0 Å². The first kappa shape index (κ1) is 19.6. The third-order valence-corrected chi connectivity index (χ3v) is 6.22. The molecule has 1 aliphatic rings. The van der Waals surface area contributed by atoms with Crippen LogP contribution in [-0.4, -0.2) is 18.0 Å². The first-order valence-corrected chi connectivity index (χ1v) is 10.4. The van der Waals surface area contributed by atoms with Crippen molar-refractivity contribution in [2.45, 2.75) is 57.3 Å². The largest absolute Gasteiger partial charge is 0.497 e. The predicted molar refractivity (Wildman–Crippen MR) is 119 cm³/mol. The van der Waals surface area contributed by atoms with E-state index in [-0.39, 0.29) is 11.3 Å². The van der Waals surface area contributed by atoms with Crippen LogP contribution >= 0.6 is 0 Å². The number of hydrogen-bond acceptors (Lipinski definition) is 2. The van der Waals surface area contributed by atoms with Crippen LogP contribution in [-0.2, 0) is 15.6 Å². The molecule has 0 aliphatic heterocycles. The van der Waals surface area contributed by atoms with E-state index in [1.807, 2.05) is 30.3 Å². The van der Waals surface area contributed by atoms with E-state index in [1.54, 1.807) is 7.11 Å². The van der Waals surface area contributed by atoms with Gasteiger partial charge in [-0.2, -0.15) is 0 Å². The van der Waals surface area contributed by atoms with Gasteiger partial charge in [0.2, 0.25) is 5.91 Å². The molecule has 0 radical (unpaired) electrons. The van der Waals surface area contributed by atoms with Crippen LogP contribution in [0.4, 0.5) is 5.69 Å². The van der Waals surface area contributed by atoms with Crippen LogP contribution in [0.5, 0.6) is 5.75 Å². The van der Waals surface area contributed by atoms with Crippen LogP contribution in [0.1, 0.15) is 57.7 Å². The lowest BCUT2D eigenvalue weighted by Crippen LogP contribution is -2.37. The van der Waals surface area contributed by atoms with Gasteiger partial charge in [-0.25, -0.2) is 0 Å². The Balaban J connectivity index is 1.62. The molecule has 0 bridgehead atoms. The molecule has 1 saturated carbocycles. The highest BCUT2D eigenvalue weighted by molar-refractivity contribution is 6.00. The van der Waals surface area contributed by atoms with Crippen molar-refractivity contribution in [3.63, 3.8) is 0 Å². The van der Waals surface area contributed by atoms with E-state index in [0.29, 0.717) is 0 Å². The summed E-state index contributed by atoms with van der Waals surface area (Å²) in [6.07, 6.45) is 3.91. The van der Waals surface area contributed by atoms with Gasteiger partial charge in [0.05, 0.1) is 12.5 Å². The molecule has 4 heteroatoms. The van der Waals surface area contributed by atoms with Crippen LogP contribution in [0.3, 0.4) is 0 Å². The molecule has 4 rings (SSSR count). The number of fused-ring (bicyclic) bond motifs is 1. The van der Waals surface area contributed by atoms with Gasteiger partial charge in [0.25, 0.3) is 0 Å². The van der Waals surface area contributed by atoms with Crippen molar-refractivity contribution >= 4 is 22.5 Å². The third-order valence-electron chi connectivity index (χ3n) is 6.22. The molecule has 0 spiro atoms. The normalized spacial score (nSPS) is 16.1. The predicted octanol–water partition coefficient (Wildman–Crippen LogP) is 5.92. The number of aromatic nitrogens is 1. The van der Waals surface area contributed by atoms with Crippen molar-refractivity contribution in [2.75, 3.05) is 12.4 Å². The molecule has 2 aromatic carbocycles. The number of carbonyl (C=O) groups excluding carboxylic acids is 1. The average molecular weight is 391 g/mol. The number of anilines is 1. The van der Waals surface area contributed by atoms with E-state index in [4.69, 9.17) is 4.74 Å². The minimum absolute atomic E-state index is 0.0602. The monoisotopic (exact) mass is 390 g/mol. The number of benzene rings is 2. The molecule has 1 fully saturated rings. The van der Waals surface area contributed by atoms with Crippen molar-refractivity contribution in [3.8, 4) is 5.75 Å². The molecular weight excluding hydrogens is 360 g/mol. The third kappa shape index (κ3) is 3.64. The molecule has 0 saturated heterocycles. The van der Waals surface area contributed by atoms with Crippen molar-refractivity contribution in [3.05, 3.63) is 59.8 Å². The second-order valence-corrected chi connectivity index (χ2v) is 9.21. The summed E-state index contributed by atoms with van der Waals surface area (Å²) in [5.41, 5.74) is 3.81. The van der Waals surface area contributed by atoms with Gasteiger partial charge in [0.1, 0.15) is 5.75 Å². The number of nitrogens with one attached hydrogen (secondary N) is 2. The fourth-order valence-electron chi connectivity index (χ4n) is 4.40. The number of amides is 1. The van der Waals surface area contributed by atoms with E-state index in [9.17, 15) is 4.79 Å². The number of ether oxygens (including phenoxy) is 1. The lowest BCUT2D eigenvalue weighted by atomic mass is 9.78. The summed E-state index contributed by atoms with van der Waals surface area (Å²) in [6, 6.07) is 16.2. The van der Waals surface area contributed by atoms with Gasteiger partial charge in [-0.05, 0) is 54.8 Å². The summed E-state index contributed by atoms with van der Waals surface area (Å²) >= 11 is 0. The molecular formula is C25H30N2O2. The Labute approximate surface area is 172 Å². The Morgan fingerprint density at radius 1 is 1.03 bits per heavy atom. The molecule has 29 heavy (non-hydrogen) atoms. The maximum absolute atomic E-state index is 13.4. The van der Waals surface area contributed by atoms with E-state index >= 15 is 0 Å². The second-order valence-electron chi connectivity index (χ2n) is 9.21. The molecule has 4 nitrogen and oxygen atoms in total. The van der Waals surface area contributed by atoms with E-state index in [2.05, 4.69) is 49.3 Å². The summed E-state index contributed by atoms with van der Waals surface area (Å²) < 4.78 is 5.28. The van der Waals surface area contributed by atoms with Crippen LogP contribution in [0.2, 0.25) is 0 Å². The summed E-state index contributed by atoms with van der Waals surface area (Å²) in [5, 5.41) is 4.33. The summed E-state index contributed by atoms with van der Waals surface area (Å²) in [6.45, 7) is 6.58. The highest BCUT2D eigenvalue weighted by Crippen LogP contribution is 2.42. The Bertz CT molecular complexity index is 1020. The fourth-order valence-corrected chi connectivity index (χ4v) is 4.40. The lowest BCUT2D eigenvalue weighted by molar-refractivity contribution is -0.121. The number of aromatic amines is 1. The highest BCUT2D eigenvalue weighted by atomic mass is 16.5. The smallest absolute Gasteiger partial charge is 0.235 e. The van der Waals surface area contributed by atoms with Crippen molar-refractivity contribution in [2.24, 2.45) is 0 Å². The molecule has 3 aromatic rings. The van der Waals surface area contributed by atoms with Crippen LogP contribution in [0.25, 0.3) is 10.9 Å². The Hall–Kier alpha value is -2.75. The molecule has 1 amide bonds. The molecule has 1 aliphatic carbocycles. The van der Waals surface area contributed by atoms with Crippen molar-refractivity contribution in [1.29, 1.82) is 0 Å². The standard InChI is InChI=1S/C25H30N2O2/c1-24(2,3)22-16-17-15-19(9-12-21(17)27-22)26-23(28)25(13-5-6-14-25)18-7-10-20(29-4)11-8-18/h7-12,15-16,27H,5-6,13-14H2,1-4H3,(H,26,28). The highest BCUT2D eigenvalue weighted by Gasteiger charge is 2.42. The second kappa shape index (κ2) is 7.25. The van der Waals surface area contributed by atoms with Gasteiger partial charge < -0.3 is 15.0 Å². The van der Waals surface area contributed by atoms with Gasteiger partial charge in [-0.3, -0.25) is 4.79 Å². The van der Waals surface area contributed by atoms with Gasteiger partial charge in [0.15, 0.2) is 0 Å². The summed E-state index contributed by atoms with van der Waals surface area (Å²) in [4.78, 5) is 16.9. The number of rotatable bonds is 4. The van der Waals surface area contributed by atoms with Gasteiger partial charge in [-0.15, -0.1) is 0 Å². The molecule has 0 unspecified atom stereocenters. The van der Waals surface area contributed by atoms with Gasteiger partial charge >= 0.3 is 0 Å². The fraction of sp³-hybridized carbons (Fsp3) is 0.400. The first-order chi connectivity index (χ1) is 13.8. The minimum Gasteiger partial charge on any atom is -0.497 e. The molecule has 2 N–H and O–H groups in total. The van der Waals surface area contributed by atoms with Crippen LogP contribution < -0.4 is 10.1 Å². The SMILES string of the molecule is COc1ccc(C2(C(=O)Nc3ccc4[nH]c(C(C)(C)C)cc4c3)CCCC2)cc1. The Morgan fingerprint density at radius 2 is 1.72 bits per heavy atom. The Morgan fingerprint density at radius 3 is 2.34 bits per heavy atom. The topological polar surface area (TPSA) is 54.1 Å². The zero-order valence-electron chi connectivity index (χ0n) is 17.8. The zero-order valence-corrected chi connectivity index (χ0v) is 17.8. The Kier molecular flexibility index (Phi) is 4.89. The molecule has 0 atom stereocenters. The molecule has 152 valence electrons. The molecule has 1 heterocycles. The average Bonchev–Trinajstić information content (AvgIpc) is 3.35. The molecule has 1 aromatic heterocycles. The minimum atomic E-state index is -0.462. The summed E-state index contributed by atoms with van der Waals surface area (Å²) in [5.74, 6) is 0.904. The van der Waals surface area contributed by atoms with Crippen LogP contribution in [0.15, 0.2) is 48.5 Å². The first-order valence-electron chi connectivity index (χ1n) is 10.4. The number of H-pyrrole nitrogens is 1.